The SMILES string of the molecule is Nc1nccc(Sc2ccc3nc(N4CCC(CO)(CNC(=O)O)CC4)cnc3n2)c1Cl. The number of hydrogen-bond donors (Lipinski definition) is 4. The molecule has 0 aromatic carbocycles. The summed E-state index contributed by atoms with van der Waals surface area (Å²) in [6, 6.07) is 5.49. The van der Waals surface area contributed by atoms with Crippen molar-refractivity contribution in [3.05, 3.63) is 35.6 Å². The molecule has 32 heavy (non-hydrogen) atoms. The van der Waals surface area contributed by atoms with Crippen LogP contribution in [0.1, 0.15) is 12.8 Å². The van der Waals surface area contributed by atoms with E-state index in [1.54, 1.807) is 18.5 Å². The Bertz CT molecular complexity index is 1140. The fourth-order valence-electron chi connectivity index (χ4n) is 3.58. The van der Waals surface area contributed by atoms with Crippen LogP contribution in [0.3, 0.4) is 0 Å². The molecular formula is C20H22ClN7O3S. The number of amides is 1. The molecule has 4 heterocycles. The van der Waals surface area contributed by atoms with Gasteiger partial charge in [-0.15, -0.1) is 0 Å². The number of carboxylic acid groups (broad SMARTS) is 1. The summed E-state index contributed by atoms with van der Waals surface area (Å²) in [5.41, 5.74) is 6.49. The summed E-state index contributed by atoms with van der Waals surface area (Å²) < 4.78 is 0. The lowest BCUT2D eigenvalue weighted by Gasteiger charge is -2.40. The highest BCUT2D eigenvalue weighted by atomic mass is 35.5. The molecule has 0 unspecified atom stereocenters. The molecule has 0 radical (unpaired) electrons. The van der Waals surface area contributed by atoms with Gasteiger partial charge in [0.05, 0.1) is 17.8 Å². The van der Waals surface area contributed by atoms with Gasteiger partial charge in [-0.3, -0.25) is 0 Å². The second-order valence-corrected chi connectivity index (χ2v) is 9.07. The van der Waals surface area contributed by atoms with Gasteiger partial charge in [-0.1, -0.05) is 23.4 Å². The molecular weight excluding hydrogens is 454 g/mol. The number of rotatable bonds is 6. The molecule has 4 rings (SSSR count). The van der Waals surface area contributed by atoms with Crippen molar-refractivity contribution in [2.24, 2.45) is 5.41 Å². The molecule has 0 bridgehead atoms. The van der Waals surface area contributed by atoms with Gasteiger partial charge in [0.15, 0.2) is 5.65 Å². The lowest BCUT2D eigenvalue weighted by Crippen LogP contribution is -2.48. The van der Waals surface area contributed by atoms with Crippen LogP contribution in [0.5, 0.6) is 0 Å². The van der Waals surface area contributed by atoms with Crippen LogP contribution in [0.2, 0.25) is 5.02 Å². The van der Waals surface area contributed by atoms with E-state index >= 15 is 0 Å². The van der Waals surface area contributed by atoms with Gasteiger partial charge < -0.3 is 26.2 Å². The summed E-state index contributed by atoms with van der Waals surface area (Å²) in [6.07, 6.45) is 3.49. The van der Waals surface area contributed by atoms with Gasteiger partial charge in [-0.25, -0.2) is 24.7 Å². The number of piperidine rings is 1. The number of nitrogens with two attached hydrogens (primary N) is 1. The van der Waals surface area contributed by atoms with Crippen molar-refractivity contribution in [2.45, 2.75) is 22.8 Å². The summed E-state index contributed by atoms with van der Waals surface area (Å²) in [7, 11) is 0. The Morgan fingerprint density at radius 3 is 2.75 bits per heavy atom. The minimum Gasteiger partial charge on any atom is -0.465 e. The molecule has 3 aromatic heterocycles. The number of aromatic nitrogens is 4. The molecule has 0 spiro atoms. The first kappa shape index (κ1) is 22.3. The Labute approximate surface area is 193 Å². The molecule has 168 valence electrons. The number of hydrogen-bond acceptors (Lipinski definition) is 9. The van der Waals surface area contributed by atoms with E-state index < -0.39 is 11.5 Å². The van der Waals surface area contributed by atoms with Crippen LogP contribution >= 0.6 is 23.4 Å². The van der Waals surface area contributed by atoms with Crippen LogP contribution < -0.4 is 16.0 Å². The number of aliphatic hydroxyl groups excluding tert-OH is 1. The number of nitrogen functional groups attached to an aromatic ring is 1. The van der Waals surface area contributed by atoms with Crippen LogP contribution in [-0.2, 0) is 0 Å². The number of aliphatic hydroxyl groups is 1. The Balaban J connectivity index is 1.47. The van der Waals surface area contributed by atoms with Crippen molar-refractivity contribution < 1.29 is 15.0 Å². The zero-order valence-electron chi connectivity index (χ0n) is 17.0. The Morgan fingerprint density at radius 2 is 2.03 bits per heavy atom. The summed E-state index contributed by atoms with van der Waals surface area (Å²) in [5, 5.41) is 22.2. The predicted molar refractivity (Wildman–Crippen MR) is 122 cm³/mol. The molecule has 0 aliphatic carbocycles. The number of nitrogens with zero attached hydrogens (tertiary/aromatic N) is 5. The van der Waals surface area contributed by atoms with Gasteiger partial charge in [0.25, 0.3) is 0 Å². The van der Waals surface area contributed by atoms with E-state index in [2.05, 4.69) is 30.2 Å². The second-order valence-electron chi connectivity index (χ2n) is 7.63. The van der Waals surface area contributed by atoms with E-state index in [1.165, 1.54) is 11.8 Å². The van der Waals surface area contributed by atoms with E-state index in [-0.39, 0.29) is 19.0 Å². The third-order valence-electron chi connectivity index (χ3n) is 5.56. The number of anilines is 2. The molecule has 5 N–H and O–H groups in total. The van der Waals surface area contributed by atoms with Gasteiger partial charge in [0, 0.05) is 36.1 Å². The van der Waals surface area contributed by atoms with E-state index in [4.69, 9.17) is 22.4 Å². The van der Waals surface area contributed by atoms with E-state index in [9.17, 15) is 9.90 Å². The first-order chi connectivity index (χ1) is 15.4. The summed E-state index contributed by atoms with van der Waals surface area (Å²) >= 11 is 7.59. The largest absolute Gasteiger partial charge is 0.465 e. The number of carbonyl (C=O) groups is 1. The monoisotopic (exact) mass is 475 g/mol. The average molecular weight is 476 g/mol. The second kappa shape index (κ2) is 9.31. The lowest BCUT2D eigenvalue weighted by atomic mass is 9.79. The number of halogens is 1. The van der Waals surface area contributed by atoms with Crippen molar-refractivity contribution in [1.29, 1.82) is 0 Å². The average Bonchev–Trinajstić information content (AvgIpc) is 2.81. The van der Waals surface area contributed by atoms with Gasteiger partial charge in [0.1, 0.15) is 22.2 Å². The van der Waals surface area contributed by atoms with Crippen molar-refractivity contribution >= 4 is 52.3 Å². The molecule has 1 saturated heterocycles. The van der Waals surface area contributed by atoms with Gasteiger partial charge in [-0.2, -0.15) is 0 Å². The van der Waals surface area contributed by atoms with E-state index in [0.717, 1.165) is 10.7 Å². The predicted octanol–water partition coefficient (Wildman–Crippen LogP) is 2.65. The van der Waals surface area contributed by atoms with E-state index in [0.29, 0.717) is 47.1 Å². The topological polar surface area (TPSA) is 150 Å². The zero-order chi connectivity index (χ0) is 22.7. The molecule has 1 amide bonds. The number of fused-ring (bicyclic) bond motifs is 1. The molecule has 1 aliphatic heterocycles. The first-order valence-corrected chi connectivity index (χ1v) is 11.1. The maximum absolute atomic E-state index is 10.8. The van der Waals surface area contributed by atoms with Crippen molar-refractivity contribution in [3.63, 3.8) is 0 Å². The number of nitrogens with one attached hydrogen (secondary N) is 1. The Kier molecular flexibility index (Phi) is 6.49. The van der Waals surface area contributed by atoms with Gasteiger partial charge in [-0.05, 0) is 31.0 Å². The summed E-state index contributed by atoms with van der Waals surface area (Å²) in [5.74, 6) is 0.995. The highest BCUT2D eigenvalue weighted by Gasteiger charge is 2.35. The zero-order valence-corrected chi connectivity index (χ0v) is 18.6. The molecule has 12 heteroatoms. The minimum atomic E-state index is -1.08. The standard InChI is InChI=1S/C20H22ClN7O3S/c21-16-13(3-6-23-17(16)22)32-15-2-1-12-18(27-15)24-9-14(26-12)28-7-4-20(11-29,5-8-28)10-25-19(30)31/h1-3,6,9,25,29H,4-5,7-8,10-11H2,(H2,22,23)(H,30,31). The third-order valence-corrected chi connectivity index (χ3v) is 7.07. The quantitative estimate of drug-likeness (QED) is 0.418. The Hall–Kier alpha value is -2.89. The number of pyridine rings is 2. The normalized spacial score (nSPS) is 15.6. The fourth-order valence-corrected chi connectivity index (χ4v) is 4.63. The molecule has 10 nitrogen and oxygen atoms in total. The molecule has 1 aliphatic rings. The first-order valence-electron chi connectivity index (χ1n) is 9.93. The summed E-state index contributed by atoms with van der Waals surface area (Å²) in [6.45, 7) is 1.45. The van der Waals surface area contributed by atoms with E-state index in [1.807, 2.05) is 12.1 Å². The third kappa shape index (κ3) is 4.79. The highest BCUT2D eigenvalue weighted by Crippen LogP contribution is 2.35. The maximum Gasteiger partial charge on any atom is 0.404 e. The fraction of sp³-hybridized carbons (Fsp3) is 0.350. The lowest BCUT2D eigenvalue weighted by molar-refractivity contribution is 0.0933. The van der Waals surface area contributed by atoms with Crippen LogP contribution in [0.25, 0.3) is 11.2 Å². The maximum atomic E-state index is 10.8. The molecule has 0 atom stereocenters. The molecule has 1 fully saturated rings. The molecule has 0 saturated carbocycles. The van der Waals surface area contributed by atoms with Crippen LogP contribution in [0.15, 0.2) is 40.5 Å². The van der Waals surface area contributed by atoms with Crippen LogP contribution in [0, 0.1) is 5.41 Å². The van der Waals surface area contributed by atoms with Gasteiger partial charge >= 0.3 is 6.09 Å². The van der Waals surface area contributed by atoms with Crippen LogP contribution in [-0.4, -0.2) is 62.5 Å². The van der Waals surface area contributed by atoms with Crippen molar-refractivity contribution in [3.8, 4) is 0 Å². The smallest absolute Gasteiger partial charge is 0.404 e. The van der Waals surface area contributed by atoms with Gasteiger partial charge in [0.2, 0.25) is 0 Å². The summed E-state index contributed by atoms with van der Waals surface area (Å²) in [4.78, 5) is 31.4. The van der Waals surface area contributed by atoms with Crippen molar-refractivity contribution in [2.75, 3.05) is 36.9 Å². The minimum absolute atomic E-state index is 0.0674. The highest BCUT2D eigenvalue weighted by molar-refractivity contribution is 7.99. The molecule has 3 aromatic rings. The Morgan fingerprint density at radius 1 is 1.25 bits per heavy atom. The van der Waals surface area contributed by atoms with Crippen LogP contribution in [0.4, 0.5) is 16.4 Å². The van der Waals surface area contributed by atoms with Crippen molar-refractivity contribution in [1.82, 2.24) is 25.3 Å².